The van der Waals surface area contributed by atoms with Gasteiger partial charge in [-0.05, 0) is 18.3 Å². The van der Waals surface area contributed by atoms with Gasteiger partial charge in [0.1, 0.15) is 6.17 Å². The summed E-state index contributed by atoms with van der Waals surface area (Å²) >= 11 is 0. The van der Waals surface area contributed by atoms with Crippen molar-refractivity contribution in [2.75, 3.05) is 0 Å². The predicted octanol–water partition coefficient (Wildman–Crippen LogP) is 2.11. The molecule has 1 fully saturated rings. The van der Waals surface area contributed by atoms with E-state index in [0.29, 0.717) is 0 Å². The summed E-state index contributed by atoms with van der Waals surface area (Å²) in [5.41, 5.74) is 0. The molecule has 0 heterocycles. The van der Waals surface area contributed by atoms with E-state index in [2.05, 4.69) is 17.8 Å². The highest BCUT2D eigenvalue weighted by molar-refractivity contribution is 5.23. The smallest absolute Gasteiger partial charge is 0.119 e. The molecular formula is C9H9F. The fraction of sp³-hybridized carbons (Fsp3) is 0.556. The van der Waals surface area contributed by atoms with Crippen LogP contribution in [0.25, 0.3) is 0 Å². The monoisotopic (exact) mass is 136 g/mol. The molecule has 1 saturated carbocycles. The van der Waals surface area contributed by atoms with Gasteiger partial charge >= 0.3 is 0 Å². The van der Waals surface area contributed by atoms with Crippen molar-refractivity contribution in [3.05, 3.63) is 0 Å². The molecule has 10 heavy (non-hydrogen) atoms. The van der Waals surface area contributed by atoms with Crippen LogP contribution < -0.4 is 0 Å². The van der Waals surface area contributed by atoms with E-state index in [1.807, 2.05) is 0 Å². The van der Waals surface area contributed by atoms with Crippen molar-refractivity contribution in [2.45, 2.75) is 25.7 Å². The van der Waals surface area contributed by atoms with Gasteiger partial charge in [-0.3, -0.25) is 0 Å². The Kier molecular flexibility index (Phi) is 2.84. The molecule has 0 amide bonds. The topological polar surface area (TPSA) is 0 Å². The van der Waals surface area contributed by atoms with E-state index in [4.69, 9.17) is 0 Å². The largest absolute Gasteiger partial charge is 0.143 e. The molecule has 0 aliphatic heterocycles. The maximum atomic E-state index is 11.1. The minimum Gasteiger partial charge on any atom is -0.143 e. The maximum Gasteiger partial charge on any atom is 0.119 e. The van der Waals surface area contributed by atoms with Crippen molar-refractivity contribution >= 4 is 0 Å². The summed E-state index contributed by atoms with van der Waals surface area (Å²) in [7, 11) is 0. The zero-order chi connectivity index (χ0) is 7.23. The van der Waals surface area contributed by atoms with Crippen molar-refractivity contribution in [1.29, 1.82) is 0 Å². The normalized spacial score (nSPS) is 14.5. The average molecular weight is 136 g/mol. The lowest BCUT2D eigenvalue weighted by Gasteiger charge is -1.83. The molecule has 52 valence electrons. The van der Waals surface area contributed by atoms with Crippen LogP contribution in [0.15, 0.2) is 0 Å². The minimum absolute atomic E-state index is 0.874. The number of halogens is 1. The standard InChI is InChI=1S/C9H9F/c10-8-4-2-1-3-5-9-6-7-9/h9H,3,5-7H2. The van der Waals surface area contributed by atoms with Crippen LogP contribution >= 0.6 is 0 Å². The molecule has 0 aromatic heterocycles. The van der Waals surface area contributed by atoms with Crippen LogP contribution in [0.2, 0.25) is 0 Å². The lowest BCUT2D eigenvalue weighted by Crippen LogP contribution is -1.71. The van der Waals surface area contributed by atoms with Gasteiger partial charge < -0.3 is 0 Å². The highest BCUT2D eigenvalue weighted by Gasteiger charge is 2.19. The Labute approximate surface area is 60.8 Å². The number of hydrogen-bond acceptors (Lipinski definition) is 0. The molecule has 0 spiro atoms. The Hall–Kier alpha value is -0.950. The summed E-state index contributed by atoms with van der Waals surface area (Å²) < 4.78 is 11.1. The second kappa shape index (κ2) is 3.96. The average Bonchev–Trinajstić information content (AvgIpc) is 2.71. The lowest BCUT2D eigenvalue weighted by atomic mass is 10.2. The summed E-state index contributed by atoms with van der Waals surface area (Å²) in [6.45, 7) is 0. The van der Waals surface area contributed by atoms with Gasteiger partial charge in [-0.15, -0.1) is 4.39 Å². The zero-order valence-corrected chi connectivity index (χ0v) is 5.78. The number of rotatable bonds is 2. The first kappa shape index (κ1) is 7.16. The second-order valence-corrected chi connectivity index (χ2v) is 2.50. The maximum absolute atomic E-state index is 11.1. The van der Waals surface area contributed by atoms with Crippen LogP contribution in [0.1, 0.15) is 25.7 Å². The second-order valence-electron chi connectivity index (χ2n) is 2.50. The molecule has 0 unspecified atom stereocenters. The van der Waals surface area contributed by atoms with Crippen LogP contribution in [0.3, 0.4) is 0 Å². The van der Waals surface area contributed by atoms with Gasteiger partial charge in [-0.1, -0.05) is 18.8 Å². The van der Waals surface area contributed by atoms with E-state index in [9.17, 15) is 4.39 Å². The van der Waals surface area contributed by atoms with Crippen LogP contribution in [-0.2, 0) is 0 Å². The molecular weight excluding hydrogens is 127 g/mol. The molecule has 0 nitrogen and oxygen atoms in total. The van der Waals surface area contributed by atoms with Gasteiger partial charge in [0.2, 0.25) is 0 Å². The van der Waals surface area contributed by atoms with Crippen LogP contribution in [0.4, 0.5) is 4.39 Å². The molecule has 1 aliphatic rings. The molecule has 0 saturated heterocycles. The molecule has 0 bridgehead atoms. The highest BCUT2D eigenvalue weighted by atomic mass is 19.1. The first-order valence-corrected chi connectivity index (χ1v) is 3.52. The molecule has 1 heteroatoms. The van der Waals surface area contributed by atoms with Gasteiger partial charge in [0.15, 0.2) is 0 Å². The molecule has 0 aromatic carbocycles. The molecule has 0 aromatic rings. The van der Waals surface area contributed by atoms with Gasteiger partial charge in [-0.25, -0.2) is 0 Å². The van der Waals surface area contributed by atoms with Gasteiger partial charge in [0.25, 0.3) is 0 Å². The Bertz CT molecular complexity index is 204. The Morgan fingerprint density at radius 1 is 1.30 bits per heavy atom. The Morgan fingerprint density at radius 3 is 2.70 bits per heavy atom. The fourth-order valence-corrected chi connectivity index (χ4v) is 0.813. The van der Waals surface area contributed by atoms with Crippen molar-refractivity contribution in [1.82, 2.24) is 0 Å². The van der Waals surface area contributed by atoms with Crippen molar-refractivity contribution in [3.63, 3.8) is 0 Å². The summed E-state index contributed by atoms with van der Waals surface area (Å²) in [5, 5.41) is 0. The highest BCUT2D eigenvalue weighted by Crippen LogP contribution is 2.33. The van der Waals surface area contributed by atoms with E-state index in [1.165, 1.54) is 25.4 Å². The van der Waals surface area contributed by atoms with Crippen molar-refractivity contribution in [2.24, 2.45) is 5.92 Å². The third-order valence-electron chi connectivity index (χ3n) is 1.57. The van der Waals surface area contributed by atoms with Gasteiger partial charge in [0.05, 0.1) is 0 Å². The molecule has 0 radical (unpaired) electrons. The number of hydrogen-bond donors (Lipinski definition) is 0. The van der Waals surface area contributed by atoms with Crippen LogP contribution in [0, 0.1) is 29.9 Å². The minimum atomic E-state index is 0.874. The summed E-state index contributed by atoms with van der Waals surface area (Å²) in [6.07, 6.45) is 6.01. The fourth-order valence-electron chi connectivity index (χ4n) is 0.813. The predicted molar refractivity (Wildman–Crippen MR) is 38.6 cm³/mol. The third-order valence-corrected chi connectivity index (χ3v) is 1.57. The van der Waals surface area contributed by atoms with Gasteiger partial charge in [-0.2, -0.15) is 0 Å². The van der Waals surface area contributed by atoms with Crippen LogP contribution in [0.5, 0.6) is 0 Å². The molecule has 1 aliphatic carbocycles. The first-order valence-electron chi connectivity index (χ1n) is 3.52. The SMILES string of the molecule is FC#CC#CCCC1CC1. The van der Waals surface area contributed by atoms with Crippen molar-refractivity contribution in [3.8, 4) is 23.9 Å². The lowest BCUT2D eigenvalue weighted by molar-refractivity contribution is 0.752. The first-order chi connectivity index (χ1) is 4.93. The molecule has 1 rings (SSSR count). The third kappa shape index (κ3) is 3.15. The van der Waals surface area contributed by atoms with E-state index in [-0.39, 0.29) is 0 Å². The summed E-state index contributed by atoms with van der Waals surface area (Å²) in [6, 6.07) is 0. The summed E-state index contributed by atoms with van der Waals surface area (Å²) in [4.78, 5) is 0. The quantitative estimate of drug-likeness (QED) is 0.510. The molecule has 0 N–H and O–H groups in total. The van der Waals surface area contributed by atoms with Gasteiger partial charge in [0, 0.05) is 12.3 Å². The Balaban J connectivity index is 2.02. The van der Waals surface area contributed by atoms with E-state index >= 15 is 0 Å². The zero-order valence-electron chi connectivity index (χ0n) is 5.78. The molecule has 0 atom stereocenters. The van der Waals surface area contributed by atoms with E-state index in [1.54, 1.807) is 0 Å². The van der Waals surface area contributed by atoms with Crippen molar-refractivity contribution < 1.29 is 4.39 Å². The van der Waals surface area contributed by atoms with E-state index in [0.717, 1.165) is 12.3 Å². The Morgan fingerprint density at radius 2 is 2.10 bits per heavy atom. The summed E-state index contributed by atoms with van der Waals surface area (Å²) in [5.74, 6) is 8.20. The van der Waals surface area contributed by atoms with Crippen LogP contribution in [-0.4, -0.2) is 0 Å². The van der Waals surface area contributed by atoms with E-state index < -0.39 is 0 Å².